The molecule has 0 bridgehead atoms. The Labute approximate surface area is 89.6 Å². The fraction of sp³-hybridized carbons (Fsp3) is 0.900. The van der Waals surface area contributed by atoms with Gasteiger partial charge in [0.05, 0.1) is 6.54 Å². The van der Waals surface area contributed by atoms with Crippen LogP contribution in [0.3, 0.4) is 0 Å². The van der Waals surface area contributed by atoms with Crippen LogP contribution in [0, 0.1) is 0 Å². The van der Waals surface area contributed by atoms with Gasteiger partial charge in [0, 0.05) is 12.6 Å². The highest BCUT2D eigenvalue weighted by molar-refractivity contribution is 5.68. The molecule has 0 aromatic carbocycles. The van der Waals surface area contributed by atoms with Crippen LogP contribution in [0.15, 0.2) is 0 Å². The SMILES string of the molecule is CC(C)(C)OC(=O)N1CCC(N)[C@@H](F)C1. The van der Waals surface area contributed by atoms with Crippen molar-refractivity contribution in [2.75, 3.05) is 13.1 Å². The third-order valence-electron chi connectivity index (χ3n) is 2.24. The summed E-state index contributed by atoms with van der Waals surface area (Å²) in [6.07, 6.45) is -1.12. The first kappa shape index (κ1) is 12.2. The molecule has 4 nitrogen and oxygen atoms in total. The van der Waals surface area contributed by atoms with E-state index in [1.54, 1.807) is 20.8 Å². The predicted molar refractivity (Wildman–Crippen MR) is 55.3 cm³/mol. The first-order valence-corrected chi connectivity index (χ1v) is 5.17. The van der Waals surface area contributed by atoms with Crippen molar-refractivity contribution in [3.8, 4) is 0 Å². The number of alkyl halides is 1. The third kappa shape index (κ3) is 3.66. The van der Waals surface area contributed by atoms with Gasteiger partial charge in [0.2, 0.25) is 0 Å². The van der Waals surface area contributed by atoms with Gasteiger partial charge in [0.25, 0.3) is 0 Å². The number of halogens is 1. The zero-order valence-electron chi connectivity index (χ0n) is 9.50. The van der Waals surface area contributed by atoms with Crippen LogP contribution in [-0.4, -0.2) is 41.9 Å². The van der Waals surface area contributed by atoms with E-state index >= 15 is 0 Å². The Morgan fingerprint density at radius 2 is 2.13 bits per heavy atom. The Hall–Kier alpha value is -0.840. The molecule has 15 heavy (non-hydrogen) atoms. The number of hydrogen-bond acceptors (Lipinski definition) is 3. The molecule has 0 aromatic rings. The molecule has 1 heterocycles. The van der Waals surface area contributed by atoms with Crippen LogP contribution in [0.2, 0.25) is 0 Å². The summed E-state index contributed by atoms with van der Waals surface area (Å²) in [4.78, 5) is 12.9. The minimum Gasteiger partial charge on any atom is -0.444 e. The lowest BCUT2D eigenvalue weighted by atomic mass is 10.0. The van der Waals surface area contributed by atoms with E-state index < -0.39 is 23.9 Å². The second kappa shape index (κ2) is 4.35. The van der Waals surface area contributed by atoms with Crippen LogP contribution in [-0.2, 0) is 4.74 Å². The molecule has 1 unspecified atom stereocenters. The maximum atomic E-state index is 13.2. The van der Waals surface area contributed by atoms with E-state index in [0.717, 1.165) is 0 Å². The van der Waals surface area contributed by atoms with Gasteiger partial charge in [-0.25, -0.2) is 9.18 Å². The Morgan fingerprint density at radius 1 is 1.53 bits per heavy atom. The zero-order chi connectivity index (χ0) is 11.6. The van der Waals surface area contributed by atoms with E-state index in [9.17, 15) is 9.18 Å². The normalized spacial score (nSPS) is 27.7. The summed E-state index contributed by atoms with van der Waals surface area (Å²) in [5.41, 5.74) is 4.97. The van der Waals surface area contributed by atoms with Crippen LogP contribution in [0.5, 0.6) is 0 Å². The van der Waals surface area contributed by atoms with Gasteiger partial charge in [-0.1, -0.05) is 0 Å². The number of amides is 1. The van der Waals surface area contributed by atoms with Crippen LogP contribution in [0.25, 0.3) is 0 Å². The first-order chi connectivity index (χ1) is 6.79. The second-order valence-electron chi connectivity index (χ2n) is 4.89. The molecule has 2 N–H and O–H groups in total. The maximum Gasteiger partial charge on any atom is 0.410 e. The summed E-state index contributed by atoms with van der Waals surface area (Å²) < 4.78 is 18.4. The number of ether oxygens (including phenoxy) is 1. The lowest BCUT2D eigenvalue weighted by Crippen LogP contribution is -2.51. The van der Waals surface area contributed by atoms with E-state index in [1.807, 2.05) is 0 Å². The molecule has 0 radical (unpaired) electrons. The van der Waals surface area contributed by atoms with E-state index in [4.69, 9.17) is 10.5 Å². The van der Waals surface area contributed by atoms with Crippen molar-refractivity contribution >= 4 is 6.09 Å². The van der Waals surface area contributed by atoms with Crippen molar-refractivity contribution in [1.29, 1.82) is 0 Å². The summed E-state index contributed by atoms with van der Waals surface area (Å²) in [6.45, 7) is 5.86. The van der Waals surface area contributed by atoms with Crippen molar-refractivity contribution < 1.29 is 13.9 Å². The van der Waals surface area contributed by atoms with Crippen molar-refractivity contribution in [3.05, 3.63) is 0 Å². The molecule has 0 saturated carbocycles. The number of carbonyl (C=O) groups is 1. The highest BCUT2D eigenvalue weighted by atomic mass is 19.1. The van der Waals surface area contributed by atoms with Gasteiger partial charge >= 0.3 is 6.09 Å². The highest BCUT2D eigenvalue weighted by Crippen LogP contribution is 2.16. The summed E-state index contributed by atoms with van der Waals surface area (Å²) in [6, 6.07) is -0.455. The van der Waals surface area contributed by atoms with E-state index in [1.165, 1.54) is 4.90 Å². The maximum absolute atomic E-state index is 13.2. The number of hydrogen-bond donors (Lipinski definition) is 1. The topological polar surface area (TPSA) is 55.6 Å². The summed E-state index contributed by atoms with van der Waals surface area (Å²) in [7, 11) is 0. The molecule has 1 aliphatic rings. The van der Waals surface area contributed by atoms with Gasteiger partial charge < -0.3 is 15.4 Å². The van der Waals surface area contributed by atoms with Gasteiger partial charge in [-0.2, -0.15) is 0 Å². The average Bonchev–Trinajstić information content (AvgIpc) is 2.06. The fourth-order valence-electron chi connectivity index (χ4n) is 1.42. The van der Waals surface area contributed by atoms with Crippen LogP contribution < -0.4 is 5.73 Å². The molecule has 1 aliphatic heterocycles. The Kier molecular flexibility index (Phi) is 3.54. The molecule has 88 valence electrons. The average molecular weight is 218 g/mol. The summed E-state index contributed by atoms with van der Waals surface area (Å²) in [5, 5.41) is 0. The summed E-state index contributed by atoms with van der Waals surface area (Å²) >= 11 is 0. The van der Waals surface area contributed by atoms with E-state index in [0.29, 0.717) is 13.0 Å². The monoisotopic (exact) mass is 218 g/mol. The zero-order valence-corrected chi connectivity index (χ0v) is 9.50. The number of nitrogens with zero attached hydrogens (tertiary/aromatic N) is 1. The number of likely N-dealkylation sites (tertiary alicyclic amines) is 1. The van der Waals surface area contributed by atoms with Crippen LogP contribution >= 0.6 is 0 Å². The molecule has 5 heteroatoms. The summed E-state index contributed by atoms with van der Waals surface area (Å²) in [5.74, 6) is 0. The van der Waals surface area contributed by atoms with Crippen molar-refractivity contribution in [1.82, 2.24) is 4.90 Å². The van der Waals surface area contributed by atoms with Crippen LogP contribution in [0.1, 0.15) is 27.2 Å². The Balaban J connectivity index is 2.48. The van der Waals surface area contributed by atoms with Gasteiger partial charge in [0.1, 0.15) is 11.8 Å². The Morgan fingerprint density at radius 3 is 2.60 bits per heavy atom. The van der Waals surface area contributed by atoms with Crippen molar-refractivity contribution in [3.63, 3.8) is 0 Å². The largest absolute Gasteiger partial charge is 0.444 e. The highest BCUT2D eigenvalue weighted by Gasteiger charge is 2.31. The quantitative estimate of drug-likeness (QED) is 0.666. The van der Waals surface area contributed by atoms with Crippen molar-refractivity contribution in [2.45, 2.75) is 45.0 Å². The minimum absolute atomic E-state index is 0.0378. The standard InChI is InChI=1S/C10H19FN2O2/c1-10(2,3)15-9(14)13-5-4-8(12)7(11)6-13/h7-8H,4-6,12H2,1-3H3/t7-,8?/m0/s1. The fourth-order valence-corrected chi connectivity index (χ4v) is 1.42. The van der Waals surface area contributed by atoms with Gasteiger partial charge in [-0.15, -0.1) is 0 Å². The Bertz CT molecular complexity index is 240. The van der Waals surface area contributed by atoms with E-state index in [-0.39, 0.29) is 6.54 Å². The predicted octanol–water partition coefficient (Wildman–Crippen LogP) is 1.29. The minimum atomic E-state index is -1.15. The molecule has 1 fully saturated rings. The lowest BCUT2D eigenvalue weighted by Gasteiger charge is -2.34. The second-order valence-corrected chi connectivity index (χ2v) is 4.89. The molecule has 1 amide bonds. The van der Waals surface area contributed by atoms with Gasteiger partial charge in [-0.05, 0) is 27.2 Å². The number of rotatable bonds is 0. The van der Waals surface area contributed by atoms with E-state index in [2.05, 4.69) is 0 Å². The number of nitrogens with two attached hydrogens (primary N) is 1. The smallest absolute Gasteiger partial charge is 0.410 e. The molecular weight excluding hydrogens is 199 g/mol. The van der Waals surface area contributed by atoms with Crippen LogP contribution in [0.4, 0.5) is 9.18 Å². The number of piperidine rings is 1. The van der Waals surface area contributed by atoms with Crippen molar-refractivity contribution in [2.24, 2.45) is 5.73 Å². The molecule has 1 rings (SSSR count). The van der Waals surface area contributed by atoms with Gasteiger partial charge in [-0.3, -0.25) is 0 Å². The third-order valence-corrected chi connectivity index (χ3v) is 2.24. The molecule has 1 saturated heterocycles. The molecular formula is C10H19FN2O2. The molecule has 0 aromatic heterocycles. The lowest BCUT2D eigenvalue weighted by molar-refractivity contribution is 0.0116. The molecule has 0 aliphatic carbocycles. The number of carbonyl (C=O) groups excluding carboxylic acids is 1. The molecule has 0 spiro atoms. The van der Waals surface area contributed by atoms with Gasteiger partial charge in [0.15, 0.2) is 0 Å². The first-order valence-electron chi connectivity index (χ1n) is 5.17. The molecule has 2 atom stereocenters.